The van der Waals surface area contributed by atoms with Crippen LogP contribution in [0, 0.1) is 11.8 Å². The van der Waals surface area contributed by atoms with E-state index in [1.54, 1.807) is 23.5 Å². The van der Waals surface area contributed by atoms with Gasteiger partial charge in [-0.15, -0.1) is 32.2 Å². The highest BCUT2D eigenvalue weighted by Gasteiger charge is 2.49. The Labute approximate surface area is 739 Å². The molecule has 4 N–H and O–H groups in total. The first-order valence-corrected chi connectivity index (χ1v) is 49.3. The molecule has 0 saturated heterocycles. The van der Waals surface area contributed by atoms with E-state index in [9.17, 15) is 35.5 Å². The van der Waals surface area contributed by atoms with Crippen LogP contribution in [0.15, 0.2) is 238 Å². The summed E-state index contributed by atoms with van der Waals surface area (Å²) in [6.07, 6.45) is 21.4. The molecule has 0 radical (unpaired) electrons. The van der Waals surface area contributed by atoms with Crippen LogP contribution in [-0.4, -0.2) is 143 Å². The van der Waals surface area contributed by atoms with Crippen molar-refractivity contribution in [3.63, 3.8) is 0 Å². The Balaban J connectivity index is 0.906. The zero-order valence-corrected chi connectivity index (χ0v) is 76.3. The van der Waals surface area contributed by atoms with Gasteiger partial charge in [-0.3, -0.25) is 18.7 Å². The molecule has 0 amide bonds. The lowest BCUT2D eigenvalue weighted by Crippen LogP contribution is -2.28. The van der Waals surface area contributed by atoms with Crippen LogP contribution in [0.1, 0.15) is 149 Å². The number of allylic oxidation sites excluding steroid dienone is 14. The van der Waals surface area contributed by atoms with E-state index in [1.807, 2.05) is 38.1 Å². The van der Waals surface area contributed by atoms with Crippen LogP contribution in [0.25, 0.3) is 43.1 Å². The Bertz CT molecular complexity index is 5980. The summed E-state index contributed by atoms with van der Waals surface area (Å²) < 4.78 is 96.3. The van der Waals surface area contributed by atoms with Gasteiger partial charge in [0.2, 0.25) is 11.4 Å². The largest absolute Gasteiger partial charge is 0.466 e. The molecule has 648 valence electrons. The molecular weight excluding hydrogens is 1670 g/mol. The third-order valence-corrected chi connectivity index (χ3v) is 30.2. The molecule has 8 aromatic carbocycles. The van der Waals surface area contributed by atoms with E-state index in [-0.39, 0.29) is 38.0 Å². The average molecular weight is 1780 g/mol. The zero-order chi connectivity index (χ0) is 87.2. The van der Waals surface area contributed by atoms with Crippen molar-refractivity contribution < 1.29 is 83.4 Å². The molecule has 14 rings (SSSR count). The van der Waals surface area contributed by atoms with Gasteiger partial charge in [-0.05, 0) is 211 Å². The van der Waals surface area contributed by atoms with E-state index >= 15 is 0 Å². The van der Waals surface area contributed by atoms with Crippen molar-refractivity contribution in [2.24, 2.45) is 11.8 Å². The Kier molecular flexibility index (Phi) is 28.7. The molecule has 2 aliphatic carbocycles. The summed E-state index contributed by atoms with van der Waals surface area (Å²) in [5, 5.41) is 35.0. The van der Waals surface area contributed by atoms with Gasteiger partial charge in [0, 0.05) is 140 Å². The molecule has 4 heterocycles. The van der Waals surface area contributed by atoms with Crippen molar-refractivity contribution in [1.29, 1.82) is 0 Å². The van der Waals surface area contributed by atoms with Gasteiger partial charge in [-0.25, -0.2) is 10.5 Å². The minimum Gasteiger partial charge on any atom is -0.466 e. The normalized spacial score (nSPS) is 20.0. The number of nitrogens with zero attached hydrogens (tertiary/aromatic N) is 4. The van der Waals surface area contributed by atoms with Crippen LogP contribution in [0.3, 0.4) is 0 Å². The fourth-order valence-electron chi connectivity index (χ4n) is 19.5. The van der Waals surface area contributed by atoms with Gasteiger partial charge < -0.3 is 19.3 Å². The minimum absolute atomic E-state index is 0.160. The van der Waals surface area contributed by atoms with E-state index in [4.69, 9.17) is 28.7 Å². The van der Waals surface area contributed by atoms with Crippen molar-refractivity contribution in [3.05, 3.63) is 260 Å². The minimum atomic E-state index is -4.29. The maximum atomic E-state index is 14.7. The van der Waals surface area contributed by atoms with Gasteiger partial charge in [0.1, 0.15) is 13.1 Å². The average Bonchev–Trinajstić information content (AvgIpc) is 1.59. The quantitative estimate of drug-likeness (QED) is 0.00542. The summed E-state index contributed by atoms with van der Waals surface area (Å²) in [4.78, 5) is 36.0. The predicted molar refractivity (Wildman–Crippen MR) is 501 cm³/mol. The fraction of sp³-hybridized carbons (Fsp3) is 0.381. The first kappa shape index (κ1) is 90.8. The molecular formula is C97H110N4O16S6+2. The van der Waals surface area contributed by atoms with Crippen LogP contribution < -0.4 is 9.80 Å². The van der Waals surface area contributed by atoms with E-state index < -0.39 is 65.2 Å². The lowest BCUT2D eigenvalue weighted by Gasteiger charge is -2.29. The number of ether oxygens (including phenoxy) is 2. The van der Waals surface area contributed by atoms with E-state index in [1.165, 1.54) is 11.1 Å². The third kappa shape index (κ3) is 19.5. The molecule has 2 atom stereocenters. The number of carbonyl (C=O) groups is 2. The lowest BCUT2D eigenvalue weighted by molar-refractivity contribution is -0.438. The second kappa shape index (κ2) is 38.8. The van der Waals surface area contributed by atoms with Crippen molar-refractivity contribution in [1.82, 2.24) is 0 Å². The maximum absolute atomic E-state index is 14.7. The molecule has 2 unspecified atom stereocenters. The summed E-state index contributed by atoms with van der Waals surface area (Å²) in [5.74, 6) is -0.235. The number of thioether (sulfide) groups is 2. The van der Waals surface area contributed by atoms with Gasteiger partial charge in [-0.2, -0.15) is 26.0 Å². The summed E-state index contributed by atoms with van der Waals surface area (Å²) >= 11 is 5.56. The van der Waals surface area contributed by atoms with Crippen LogP contribution in [0.2, 0.25) is 0 Å². The van der Waals surface area contributed by atoms with Gasteiger partial charge in [-0.1, -0.05) is 171 Å². The van der Waals surface area contributed by atoms with Crippen molar-refractivity contribution >= 4 is 157 Å². The van der Waals surface area contributed by atoms with Crippen LogP contribution in [-0.2, 0) is 79.7 Å². The summed E-state index contributed by atoms with van der Waals surface area (Å²) in [6, 6.07) is 50.6. The molecule has 0 saturated carbocycles. The molecule has 0 bridgehead atoms. The molecule has 0 spiro atoms. The molecule has 0 aromatic heterocycles. The van der Waals surface area contributed by atoms with Crippen LogP contribution >= 0.6 is 47.6 Å². The molecule has 20 nitrogen and oxygen atoms in total. The molecule has 4 aliphatic heterocycles. The topological polar surface area (TPSA) is 251 Å². The Hall–Kier alpha value is -8.42. The number of carbonyl (C=O) groups excluding carboxylic acids is 2. The highest BCUT2D eigenvalue weighted by atomic mass is 32.2. The Morgan fingerprint density at radius 2 is 0.813 bits per heavy atom. The number of anilines is 2. The second-order valence-electron chi connectivity index (χ2n) is 34.1. The number of rotatable bonds is 36. The summed E-state index contributed by atoms with van der Waals surface area (Å²) in [5.41, 5.74) is 14.2. The first-order chi connectivity index (χ1) is 59.0. The number of fused-ring (bicyclic) bond motifs is 12. The smallest absolute Gasteiger partial charge is 0.309 e. The zero-order valence-electron chi connectivity index (χ0n) is 71.4. The highest BCUT2D eigenvalue weighted by molar-refractivity contribution is 8.04. The maximum Gasteiger partial charge on any atom is 0.309 e. The van der Waals surface area contributed by atoms with E-state index in [0.717, 1.165) is 156 Å². The summed E-state index contributed by atoms with van der Waals surface area (Å²) in [6.45, 7) is 23.7. The second-order valence-corrected chi connectivity index (χ2v) is 41.1. The van der Waals surface area contributed by atoms with Crippen LogP contribution in [0.4, 0.5) is 22.7 Å². The monoisotopic (exact) mass is 1780 g/mol. The van der Waals surface area contributed by atoms with Gasteiger partial charge in [0.25, 0.3) is 20.2 Å². The van der Waals surface area contributed by atoms with E-state index in [0.29, 0.717) is 94.1 Å². The number of hydrogen-bond donors (Lipinski definition) is 4. The molecule has 26 heteroatoms. The van der Waals surface area contributed by atoms with Crippen molar-refractivity contribution in [2.75, 3.05) is 83.7 Å². The van der Waals surface area contributed by atoms with Crippen LogP contribution in [0.5, 0.6) is 0 Å². The number of esters is 2. The number of benzene rings is 8. The predicted octanol–water partition coefficient (Wildman–Crippen LogP) is 21.9. The van der Waals surface area contributed by atoms with Crippen molar-refractivity contribution in [3.8, 4) is 0 Å². The molecule has 6 aliphatic rings. The molecule has 8 aromatic rings. The fourth-order valence-corrected chi connectivity index (χ4v) is 23.7. The number of hydrogen-bond acceptors (Lipinski definition) is 20. The van der Waals surface area contributed by atoms with Crippen molar-refractivity contribution in [2.45, 2.75) is 149 Å². The SMILES string of the molecule is CCOC(=O)C1CC(/C=C/C2=[N+](CCCS(=O)(=O)O)c3ccc4ccccc4c3C2(C)C)=C(SCCCSC2=C(/C=C/C3=[N+](CCCSOOO)c4ccc5ccccc5c4C3(C)C)CC(C(=O)OCC)C/C2=C\C=C2\N(CCCS(=O)(=O)O)c3ccc4ccccc4c3C2(C)C)C(=C/C=C2/N(CCCSOOO)c3ccc4ccccc4c3C2(C)C)/C1. The Morgan fingerprint density at radius 3 is 1.22 bits per heavy atom. The Morgan fingerprint density at radius 1 is 0.439 bits per heavy atom. The summed E-state index contributed by atoms with van der Waals surface area (Å²) in [7, 11) is -8.59. The molecule has 0 fully saturated rings. The van der Waals surface area contributed by atoms with Gasteiger partial charge in [0.05, 0.1) is 47.4 Å². The van der Waals surface area contributed by atoms with Gasteiger partial charge >= 0.3 is 11.9 Å². The van der Waals surface area contributed by atoms with E-state index in [2.05, 4.69) is 254 Å². The first-order valence-electron chi connectivity index (χ1n) is 42.3. The standard InChI is InChI=1S/C97H108N4O16S6/c1-11-112-92(102)72-60-68(38-46-82-94(3,4)86-74-30-17-13-26-64(74)34-42-78(86)98(82)50-21-56-120-116-114-104)90(70(62-72)40-48-84-96(7,8)88-76-32-19-15-28-66(76)36-44-80(88)100(84)52-23-58-122(106,107)108)118-54-25-55-119-91-69(39-47-83-95(5,6)87-75-31-18-14-27-65(75)35-43-79(87)99(83)51-22-57-121-117-115-105)61-73(93(103)113-12-2)63-71(91)41-49-85-97(9,10)89-77-33-20-16-29-67(77)37-45-81(89)101(85)53-24-59-123(109,110)111/h13-20,26-49,72-73H,11-12,21-25,50-63H2,1-10H3,(H2-2,104,105,106,107,108,109,110,111)/p+2. The van der Waals surface area contributed by atoms with Gasteiger partial charge in [0.15, 0.2) is 11.4 Å². The molecule has 123 heavy (non-hydrogen) atoms. The highest BCUT2D eigenvalue weighted by Crippen LogP contribution is 2.55. The lowest BCUT2D eigenvalue weighted by atomic mass is 9.78. The third-order valence-electron chi connectivity index (χ3n) is 24.8.